The highest BCUT2D eigenvalue weighted by Gasteiger charge is 2.24. The number of carbonyl (C=O) groups is 2. The molecule has 0 spiro atoms. The maximum absolute atomic E-state index is 12.3. The number of carboxylic acid groups (broad SMARTS) is 1. The predicted octanol–water partition coefficient (Wildman–Crippen LogP) is 2.01. The van der Waals surface area contributed by atoms with Crippen LogP contribution in [0.5, 0.6) is 0 Å². The van der Waals surface area contributed by atoms with Gasteiger partial charge in [0.05, 0.1) is 11.3 Å². The van der Waals surface area contributed by atoms with Gasteiger partial charge in [-0.25, -0.2) is 9.78 Å². The van der Waals surface area contributed by atoms with E-state index in [9.17, 15) is 24.8 Å². The van der Waals surface area contributed by atoms with E-state index in [4.69, 9.17) is 0 Å². The maximum Gasteiger partial charge on any atom is 0.326 e. The normalized spacial score (nSPS) is 12.0. The first-order valence-corrected chi connectivity index (χ1v) is 7.60. The number of imidazole rings is 1. The van der Waals surface area contributed by atoms with Gasteiger partial charge in [-0.1, -0.05) is 13.8 Å². The van der Waals surface area contributed by atoms with E-state index in [1.165, 1.54) is 29.2 Å². The molecule has 1 aromatic heterocycles. The average Bonchev–Trinajstić information content (AvgIpc) is 3.07. The molecule has 0 fully saturated rings. The van der Waals surface area contributed by atoms with E-state index in [0.717, 1.165) is 6.07 Å². The minimum atomic E-state index is -1.15. The molecule has 2 rings (SSSR count). The summed E-state index contributed by atoms with van der Waals surface area (Å²) in [4.78, 5) is 38.1. The summed E-state index contributed by atoms with van der Waals surface area (Å²) in [6.07, 6.45) is 4.69. The maximum atomic E-state index is 12.3. The van der Waals surface area contributed by atoms with Gasteiger partial charge >= 0.3 is 5.97 Å². The number of carboxylic acids is 1. The highest BCUT2D eigenvalue weighted by atomic mass is 16.6. The number of rotatable bonds is 7. The minimum Gasteiger partial charge on any atom is -0.480 e. The first-order chi connectivity index (χ1) is 11.8. The molecule has 0 aliphatic heterocycles. The molecule has 1 aromatic carbocycles. The summed E-state index contributed by atoms with van der Waals surface area (Å²) in [6.45, 7) is 3.68. The van der Waals surface area contributed by atoms with Crippen molar-refractivity contribution in [2.75, 3.05) is 0 Å². The Morgan fingerprint density at radius 1 is 1.40 bits per heavy atom. The lowest BCUT2D eigenvalue weighted by Crippen LogP contribution is -2.41. The number of nitro groups is 1. The van der Waals surface area contributed by atoms with Gasteiger partial charge in [0.2, 0.25) is 0 Å². The van der Waals surface area contributed by atoms with Crippen LogP contribution < -0.4 is 5.32 Å². The molecule has 0 aliphatic rings. The molecule has 1 amide bonds. The average molecular weight is 346 g/mol. The van der Waals surface area contributed by atoms with Gasteiger partial charge in [0.15, 0.2) is 0 Å². The van der Waals surface area contributed by atoms with Crippen molar-refractivity contribution in [3.8, 4) is 5.69 Å². The van der Waals surface area contributed by atoms with E-state index in [-0.39, 0.29) is 29.3 Å². The summed E-state index contributed by atoms with van der Waals surface area (Å²) in [5.41, 5.74) is 0.00275. The van der Waals surface area contributed by atoms with Gasteiger partial charge in [-0.05, 0) is 24.5 Å². The lowest BCUT2D eigenvalue weighted by Gasteiger charge is -2.16. The van der Waals surface area contributed by atoms with Crippen LogP contribution in [0.2, 0.25) is 0 Å². The molecular weight excluding hydrogens is 328 g/mol. The standard InChI is InChI=1S/C16H18N4O5/c1-10(2)7-12(16(22)23)18-15(21)11-3-4-13(14(8-11)20(24)25)19-6-5-17-9-19/h3-6,8-10,12H,7H2,1-2H3,(H,18,21)(H,22,23). The lowest BCUT2D eigenvalue weighted by atomic mass is 10.0. The number of nitrogens with one attached hydrogen (secondary N) is 1. The second-order valence-corrected chi connectivity index (χ2v) is 5.92. The summed E-state index contributed by atoms with van der Waals surface area (Å²) < 4.78 is 1.46. The number of nitrogens with zero attached hydrogens (tertiary/aromatic N) is 3. The Morgan fingerprint density at radius 2 is 2.12 bits per heavy atom. The molecule has 0 bridgehead atoms. The van der Waals surface area contributed by atoms with Gasteiger partial charge in [0, 0.05) is 24.0 Å². The van der Waals surface area contributed by atoms with Crippen molar-refractivity contribution in [3.05, 3.63) is 52.6 Å². The number of amides is 1. The Labute approximate surface area is 143 Å². The second-order valence-electron chi connectivity index (χ2n) is 5.92. The number of nitro benzene ring substituents is 1. The molecule has 0 saturated heterocycles. The molecule has 2 aromatic rings. The molecule has 9 heteroatoms. The fourth-order valence-corrected chi connectivity index (χ4v) is 2.37. The molecule has 0 saturated carbocycles. The van der Waals surface area contributed by atoms with Crippen LogP contribution in [-0.4, -0.2) is 37.5 Å². The zero-order valence-corrected chi connectivity index (χ0v) is 13.7. The van der Waals surface area contributed by atoms with Crippen molar-refractivity contribution in [2.24, 2.45) is 5.92 Å². The van der Waals surface area contributed by atoms with Crippen LogP contribution in [-0.2, 0) is 4.79 Å². The van der Waals surface area contributed by atoms with Gasteiger partial charge in [-0.2, -0.15) is 0 Å². The van der Waals surface area contributed by atoms with Gasteiger partial charge < -0.3 is 15.0 Å². The zero-order chi connectivity index (χ0) is 18.6. The van der Waals surface area contributed by atoms with Crippen molar-refractivity contribution in [1.82, 2.24) is 14.9 Å². The van der Waals surface area contributed by atoms with Crippen LogP contribution in [0.15, 0.2) is 36.9 Å². The van der Waals surface area contributed by atoms with Crippen molar-refractivity contribution in [1.29, 1.82) is 0 Å². The smallest absolute Gasteiger partial charge is 0.326 e. The summed E-state index contributed by atoms with van der Waals surface area (Å²) in [5, 5.41) is 22.9. The highest BCUT2D eigenvalue weighted by Crippen LogP contribution is 2.24. The van der Waals surface area contributed by atoms with Crippen molar-refractivity contribution in [2.45, 2.75) is 26.3 Å². The summed E-state index contributed by atoms with van der Waals surface area (Å²) in [6, 6.07) is 2.90. The Balaban J connectivity index is 2.30. The number of hydrogen-bond acceptors (Lipinski definition) is 5. The Hall–Kier alpha value is -3.23. The summed E-state index contributed by atoms with van der Waals surface area (Å²) in [5.74, 6) is -1.75. The Kier molecular flexibility index (Phi) is 5.48. The molecule has 1 unspecified atom stereocenters. The van der Waals surface area contributed by atoms with E-state index >= 15 is 0 Å². The second kappa shape index (κ2) is 7.56. The van der Waals surface area contributed by atoms with Crippen LogP contribution in [0.4, 0.5) is 5.69 Å². The third-order valence-electron chi connectivity index (χ3n) is 3.53. The van der Waals surface area contributed by atoms with E-state index < -0.39 is 22.8 Å². The molecule has 0 aliphatic carbocycles. The van der Waals surface area contributed by atoms with E-state index in [0.29, 0.717) is 0 Å². The van der Waals surface area contributed by atoms with Crippen molar-refractivity contribution in [3.63, 3.8) is 0 Å². The Bertz CT molecular complexity index is 786. The van der Waals surface area contributed by atoms with E-state index in [1.54, 1.807) is 6.20 Å². The van der Waals surface area contributed by atoms with Gasteiger partial charge in [0.1, 0.15) is 11.7 Å². The molecule has 2 N–H and O–H groups in total. The van der Waals surface area contributed by atoms with Gasteiger partial charge in [-0.3, -0.25) is 14.9 Å². The van der Waals surface area contributed by atoms with Crippen LogP contribution in [0.3, 0.4) is 0 Å². The van der Waals surface area contributed by atoms with E-state index in [2.05, 4.69) is 10.3 Å². The first kappa shape index (κ1) is 18.1. The first-order valence-electron chi connectivity index (χ1n) is 7.60. The molecule has 132 valence electrons. The number of hydrogen-bond donors (Lipinski definition) is 2. The van der Waals surface area contributed by atoms with Gasteiger partial charge in [-0.15, -0.1) is 0 Å². The number of aromatic nitrogens is 2. The van der Waals surface area contributed by atoms with Crippen LogP contribution >= 0.6 is 0 Å². The molecule has 25 heavy (non-hydrogen) atoms. The SMILES string of the molecule is CC(C)CC(NC(=O)c1ccc(-n2ccnc2)c([N+](=O)[O-])c1)C(=O)O. The topological polar surface area (TPSA) is 127 Å². The molecule has 1 atom stereocenters. The fraction of sp³-hybridized carbons (Fsp3) is 0.312. The Morgan fingerprint density at radius 3 is 2.64 bits per heavy atom. The monoisotopic (exact) mass is 346 g/mol. The number of benzene rings is 1. The predicted molar refractivity (Wildman–Crippen MR) is 88.6 cm³/mol. The third-order valence-corrected chi connectivity index (χ3v) is 3.53. The lowest BCUT2D eigenvalue weighted by molar-refractivity contribution is -0.384. The largest absolute Gasteiger partial charge is 0.480 e. The van der Waals surface area contributed by atoms with Gasteiger partial charge in [0.25, 0.3) is 11.6 Å². The van der Waals surface area contributed by atoms with Crippen molar-refractivity contribution >= 4 is 17.6 Å². The molecular formula is C16H18N4O5. The number of carbonyl (C=O) groups excluding carboxylic acids is 1. The third kappa shape index (κ3) is 4.40. The highest BCUT2D eigenvalue weighted by molar-refractivity contribution is 5.97. The number of aliphatic carboxylic acids is 1. The van der Waals surface area contributed by atoms with Crippen LogP contribution in [0, 0.1) is 16.0 Å². The molecule has 1 heterocycles. The molecule has 9 nitrogen and oxygen atoms in total. The van der Waals surface area contributed by atoms with Crippen LogP contribution in [0.25, 0.3) is 5.69 Å². The molecule has 0 radical (unpaired) electrons. The minimum absolute atomic E-state index is 0.0190. The fourth-order valence-electron chi connectivity index (χ4n) is 2.37. The summed E-state index contributed by atoms with van der Waals surface area (Å²) >= 11 is 0. The quantitative estimate of drug-likeness (QED) is 0.583. The summed E-state index contributed by atoms with van der Waals surface area (Å²) in [7, 11) is 0. The zero-order valence-electron chi connectivity index (χ0n) is 13.7. The van der Waals surface area contributed by atoms with E-state index in [1.807, 2.05) is 13.8 Å². The van der Waals surface area contributed by atoms with Crippen LogP contribution in [0.1, 0.15) is 30.6 Å². The van der Waals surface area contributed by atoms with Crippen molar-refractivity contribution < 1.29 is 19.6 Å².